The first-order valence-corrected chi connectivity index (χ1v) is 7.99. The number of nitrogens with one attached hydrogen (secondary N) is 1. The maximum Gasteiger partial charge on any atom is 0.224 e. The molecule has 2 heterocycles. The maximum atomic E-state index is 4.70. The van der Waals surface area contributed by atoms with E-state index in [9.17, 15) is 0 Å². The van der Waals surface area contributed by atoms with E-state index in [1.54, 1.807) is 0 Å². The molecule has 0 bridgehead atoms. The first-order chi connectivity index (χ1) is 9.65. The van der Waals surface area contributed by atoms with Gasteiger partial charge in [-0.05, 0) is 32.1 Å². The molecule has 4 nitrogen and oxygen atoms in total. The Morgan fingerprint density at radius 1 is 1.15 bits per heavy atom. The van der Waals surface area contributed by atoms with Crippen LogP contribution in [0.4, 0.5) is 11.8 Å². The zero-order chi connectivity index (χ0) is 14.4. The molecule has 0 unspecified atom stereocenters. The van der Waals surface area contributed by atoms with Crippen molar-refractivity contribution in [2.24, 2.45) is 5.92 Å². The number of aryl methyl sites for hydroxylation is 1. The Labute approximate surface area is 123 Å². The Bertz CT molecular complexity index is 409. The number of hydrogen-bond acceptors (Lipinski definition) is 4. The predicted octanol–water partition coefficient (Wildman–Crippen LogP) is 3.62. The molecule has 0 spiro atoms. The van der Waals surface area contributed by atoms with Gasteiger partial charge in [0.25, 0.3) is 0 Å². The van der Waals surface area contributed by atoms with E-state index in [1.807, 2.05) is 0 Å². The van der Waals surface area contributed by atoms with Crippen molar-refractivity contribution in [2.75, 3.05) is 29.9 Å². The molecular weight excluding hydrogens is 248 g/mol. The molecule has 20 heavy (non-hydrogen) atoms. The molecule has 112 valence electrons. The minimum absolute atomic E-state index is 0.706. The lowest BCUT2D eigenvalue weighted by atomic mass is 10.1. The zero-order valence-corrected chi connectivity index (χ0v) is 13.2. The van der Waals surface area contributed by atoms with Gasteiger partial charge in [0, 0.05) is 31.4 Å². The normalized spacial score (nSPS) is 16.3. The molecule has 2 rings (SSSR count). The van der Waals surface area contributed by atoms with Crippen LogP contribution in [0.25, 0.3) is 0 Å². The van der Waals surface area contributed by atoms with Crippen molar-refractivity contribution in [3.8, 4) is 0 Å². The van der Waals surface area contributed by atoms with E-state index in [2.05, 4.69) is 42.0 Å². The lowest BCUT2D eigenvalue weighted by Crippen LogP contribution is -2.25. The molecule has 1 saturated heterocycles. The predicted molar refractivity (Wildman–Crippen MR) is 85.4 cm³/mol. The highest BCUT2D eigenvalue weighted by Gasteiger charge is 2.12. The van der Waals surface area contributed by atoms with Gasteiger partial charge in [0.15, 0.2) is 0 Å². The van der Waals surface area contributed by atoms with E-state index in [-0.39, 0.29) is 0 Å². The summed E-state index contributed by atoms with van der Waals surface area (Å²) in [5.74, 6) is 2.58. The van der Waals surface area contributed by atoms with Crippen LogP contribution < -0.4 is 10.2 Å². The van der Waals surface area contributed by atoms with Crippen LogP contribution >= 0.6 is 0 Å². The van der Waals surface area contributed by atoms with Crippen molar-refractivity contribution in [2.45, 2.75) is 52.9 Å². The molecule has 4 heteroatoms. The molecule has 0 radical (unpaired) electrons. The summed E-state index contributed by atoms with van der Waals surface area (Å²) in [7, 11) is 0. The summed E-state index contributed by atoms with van der Waals surface area (Å²) in [6, 6.07) is 2.11. The van der Waals surface area contributed by atoms with Crippen LogP contribution in [0.2, 0.25) is 0 Å². The Hall–Kier alpha value is -1.32. The summed E-state index contributed by atoms with van der Waals surface area (Å²) >= 11 is 0. The van der Waals surface area contributed by atoms with Crippen molar-refractivity contribution in [3.63, 3.8) is 0 Å². The van der Waals surface area contributed by atoms with E-state index in [0.717, 1.165) is 43.5 Å². The first kappa shape index (κ1) is 15.1. The molecule has 0 atom stereocenters. The van der Waals surface area contributed by atoms with Gasteiger partial charge in [0.1, 0.15) is 5.82 Å². The molecule has 0 amide bonds. The second-order valence-corrected chi connectivity index (χ2v) is 6.20. The topological polar surface area (TPSA) is 41.1 Å². The second kappa shape index (κ2) is 7.46. The maximum absolute atomic E-state index is 4.70. The van der Waals surface area contributed by atoms with Crippen LogP contribution in [-0.2, 0) is 0 Å². The Balaban J connectivity index is 2.03. The third-order valence-corrected chi connectivity index (χ3v) is 3.78. The highest BCUT2D eigenvalue weighted by Crippen LogP contribution is 2.19. The van der Waals surface area contributed by atoms with Crippen molar-refractivity contribution in [1.29, 1.82) is 0 Å². The van der Waals surface area contributed by atoms with Gasteiger partial charge in [-0.25, -0.2) is 4.98 Å². The molecule has 1 fully saturated rings. The minimum Gasteiger partial charge on any atom is -0.356 e. The molecule has 1 aliphatic heterocycles. The highest BCUT2D eigenvalue weighted by molar-refractivity contribution is 5.44. The molecule has 0 saturated carbocycles. The summed E-state index contributed by atoms with van der Waals surface area (Å²) in [6.45, 7) is 9.73. The first-order valence-electron chi connectivity index (χ1n) is 7.99. The van der Waals surface area contributed by atoms with Gasteiger partial charge in [-0.1, -0.05) is 26.7 Å². The van der Waals surface area contributed by atoms with Crippen LogP contribution in [0.1, 0.15) is 51.6 Å². The summed E-state index contributed by atoms with van der Waals surface area (Å²) in [4.78, 5) is 11.6. The van der Waals surface area contributed by atoms with Crippen molar-refractivity contribution >= 4 is 11.8 Å². The Morgan fingerprint density at radius 3 is 2.50 bits per heavy atom. The van der Waals surface area contributed by atoms with Gasteiger partial charge in [0.2, 0.25) is 5.95 Å². The SMILES string of the molecule is Cc1cc(N2CCCCCC2)nc(NCCC(C)C)n1. The van der Waals surface area contributed by atoms with Gasteiger partial charge in [-0.15, -0.1) is 0 Å². The number of hydrogen-bond donors (Lipinski definition) is 1. The third-order valence-electron chi connectivity index (χ3n) is 3.78. The Kier molecular flexibility index (Phi) is 5.62. The van der Waals surface area contributed by atoms with Crippen LogP contribution in [0.15, 0.2) is 6.07 Å². The van der Waals surface area contributed by atoms with Crippen molar-refractivity contribution < 1.29 is 0 Å². The van der Waals surface area contributed by atoms with Crippen LogP contribution in [0, 0.1) is 12.8 Å². The second-order valence-electron chi connectivity index (χ2n) is 6.20. The summed E-state index contributed by atoms with van der Waals surface area (Å²) in [6.07, 6.45) is 6.40. The molecule has 1 aromatic rings. The Morgan fingerprint density at radius 2 is 1.85 bits per heavy atom. The number of anilines is 2. The van der Waals surface area contributed by atoms with Gasteiger partial charge in [-0.2, -0.15) is 4.98 Å². The number of nitrogens with zero attached hydrogens (tertiary/aromatic N) is 3. The monoisotopic (exact) mass is 276 g/mol. The van der Waals surface area contributed by atoms with Gasteiger partial charge < -0.3 is 10.2 Å². The van der Waals surface area contributed by atoms with E-state index in [1.165, 1.54) is 25.7 Å². The van der Waals surface area contributed by atoms with E-state index in [0.29, 0.717) is 5.92 Å². The number of rotatable bonds is 5. The largest absolute Gasteiger partial charge is 0.356 e. The van der Waals surface area contributed by atoms with Crippen LogP contribution in [-0.4, -0.2) is 29.6 Å². The quantitative estimate of drug-likeness (QED) is 0.891. The molecule has 1 aliphatic rings. The van der Waals surface area contributed by atoms with Gasteiger partial charge >= 0.3 is 0 Å². The fourth-order valence-corrected chi connectivity index (χ4v) is 2.57. The minimum atomic E-state index is 0.706. The highest BCUT2D eigenvalue weighted by atomic mass is 15.2. The van der Waals surface area contributed by atoms with Gasteiger partial charge in [0.05, 0.1) is 0 Å². The van der Waals surface area contributed by atoms with E-state index in [4.69, 9.17) is 4.98 Å². The molecule has 1 N–H and O–H groups in total. The average Bonchev–Trinajstić information content (AvgIpc) is 2.66. The lowest BCUT2D eigenvalue weighted by Gasteiger charge is -2.22. The van der Waals surface area contributed by atoms with Gasteiger partial charge in [-0.3, -0.25) is 0 Å². The standard InChI is InChI=1S/C16H28N4/c1-13(2)8-9-17-16-18-14(3)12-15(19-16)20-10-6-4-5-7-11-20/h12-13H,4-11H2,1-3H3,(H,17,18,19). The smallest absolute Gasteiger partial charge is 0.224 e. The molecule has 0 aromatic carbocycles. The summed E-state index contributed by atoms with van der Waals surface area (Å²) in [5.41, 5.74) is 1.05. The third kappa shape index (κ3) is 4.66. The van der Waals surface area contributed by atoms with E-state index >= 15 is 0 Å². The molecule has 0 aliphatic carbocycles. The number of aromatic nitrogens is 2. The summed E-state index contributed by atoms with van der Waals surface area (Å²) in [5, 5.41) is 3.36. The average molecular weight is 276 g/mol. The molecule has 1 aromatic heterocycles. The van der Waals surface area contributed by atoms with Crippen LogP contribution in [0.5, 0.6) is 0 Å². The lowest BCUT2D eigenvalue weighted by molar-refractivity contribution is 0.605. The fourth-order valence-electron chi connectivity index (χ4n) is 2.57. The molecular formula is C16H28N4. The fraction of sp³-hybridized carbons (Fsp3) is 0.750. The summed E-state index contributed by atoms with van der Waals surface area (Å²) < 4.78 is 0. The van der Waals surface area contributed by atoms with Crippen molar-refractivity contribution in [3.05, 3.63) is 11.8 Å². The van der Waals surface area contributed by atoms with Crippen molar-refractivity contribution in [1.82, 2.24) is 9.97 Å². The van der Waals surface area contributed by atoms with E-state index < -0.39 is 0 Å². The van der Waals surface area contributed by atoms with Crippen LogP contribution in [0.3, 0.4) is 0 Å². The zero-order valence-electron chi connectivity index (χ0n) is 13.2.